The minimum Gasteiger partial charge on any atom is -0.383 e. The first-order valence-electron chi connectivity index (χ1n) is 11.4. The summed E-state index contributed by atoms with van der Waals surface area (Å²) in [7, 11) is -3.56. The summed E-state index contributed by atoms with van der Waals surface area (Å²) in [5.41, 5.74) is 3.39. The van der Waals surface area contributed by atoms with Crippen LogP contribution >= 0.6 is 11.6 Å². The van der Waals surface area contributed by atoms with Gasteiger partial charge in [0.15, 0.2) is 0 Å². The molecule has 3 aromatic rings. The molecule has 9 heteroatoms. The van der Waals surface area contributed by atoms with Crippen LogP contribution in [0, 0.1) is 19.8 Å². The van der Waals surface area contributed by atoms with E-state index in [2.05, 4.69) is 15.6 Å². The topological polar surface area (TPSA) is 91.4 Å². The van der Waals surface area contributed by atoms with E-state index in [9.17, 15) is 13.2 Å². The maximum absolute atomic E-state index is 13.1. The zero-order valence-corrected chi connectivity index (χ0v) is 20.9. The highest BCUT2D eigenvalue weighted by Crippen LogP contribution is 2.27. The normalized spacial score (nSPS) is 15.4. The number of rotatable bonds is 7. The van der Waals surface area contributed by atoms with Gasteiger partial charge >= 0.3 is 0 Å². The number of piperidine rings is 1. The molecule has 180 valence electrons. The van der Waals surface area contributed by atoms with Gasteiger partial charge in [0.05, 0.1) is 10.4 Å². The van der Waals surface area contributed by atoms with Crippen molar-refractivity contribution in [1.82, 2.24) is 14.6 Å². The summed E-state index contributed by atoms with van der Waals surface area (Å²) in [6.07, 6.45) is 2.75. The van der Waals surface area contributed by atoms with Crippen LogP contribution in [0.25, 0.3) is 10.9 Å². The molecule has 0 bridgehead atoms. The van der Waals surface area contributed by atoms with Gasteiger partial charge in [0.2, 0.25) is 15.9 Å². The quantitative estimate of drug-likeness (QED) is 0.476. The Morgan fingerprint density at radius 1 is 1.09 bits per heavy atom. The van der Waals surface area contributed by atoms with Crippen LogP contribution in [0.3, 0.4) is 0 Å². The molecule has 1 aromatic heterocycles. The third-order valence-corrected chi connectivity index (χ3v) is 8.51. The van der Waals surface area contributed by atoms with E-state index in [-0.39, 0.29) is 11.8 Å². The zero-order chi connectivity index (χ0) is 24.3. The number of amides is 1. The number of nitrogens with zero attached hydrogens (tertiary/aromatic N) is 2. The van der Waals surface area contributed by atoms with Crippen LogP contribution in [-0.2, 0) is 14.8 Å². The number of pyridine rings is 1. The highest BCUT2D eigenvalue weighted by molar-refractivity contribution is 7.89. The van der Waals surface area contributed by atoms with Gasteiger partial charge < -0.3 is 10.6 Å². The van der Waals surface area contributed by atoms with Gasteiger partial charge in [-0.25, -0.2) is 8.42 Å². The molecule has 0 aliphatic carbocycles. The van der Waals surface area contributed by atoms with Gasteiger partial charge in [-0.3, -0.25) is 9.78 Å². The molecule has 1 fully saturated rings. The standard InChI is InChI=1S/C25H29ClN4O3S/c1-17-3-4-18(2)24(15-17)34(32,33)30-13-8-19(9-14-30)25(31)29-12-11-28-22-7-10-27-23-16-20(26)5-6-21(22)23/h3-7,10,15-16,19H,8-9,11-14H2,1-2H3,(H,27,28)(H,29,31). The van der Waals surface area contributed by atoms with Crippen LogP contribution in [0.4, 0.5) is 5.69 Å². The molecule has 0 radical (unpaired) electrons. The smallest absolute Gasteiger partial charge is 0.243 e. The molecule has 0 atom stereocenters. The van der Waals surface area contributed by atoms with Crippen LogP contribution in [0.2, 0.25) is 5.02 Å². The number of anilines is 1. The molecule has 1 aliphatic rings. The molecule has 2 heterocycles. The molecule has 2 aromatic carbocycles. The Hall–Kier alpha value is -2.68. The summed E-state index contributed by atoms with van der Waals surface area (Å²) in [5.74, 6) is -0.217. The number of sulfonamides is 1. The largest absolute Gasteiger partial charge is 0.383 e. The first kappa shape index (κ1) is 24.4. The Bertz CT molecular complexity index is 1300. The van der Waals surface area contributed by atoms with Crippen molar-refractivity contribution in [3.63, 3.8) is 0 Å². The number of carbonyl (C=O) groups is 1. The van der Waals surface area contributed by atoms with Crippen molar-refractivity contribution in [2.75, 3.05) is 31.5 Å². The monoisotopic (exact) mass is 500 g/mol. The highest BCUT2D eigenvalue weighted by atomic mass is 35.5. The second-order valence-corrected chi connectivity index (χ2v) is 11.0. The minimum atomic E-state index is -3.56. The van der Waals surface area contributed by atoms with Gasteiger partial charge in [0, 0.05) is 54.4 Å². The number of carbonyl (C=O) groups excluding carboxylic acids is 1. The van der Waals surface area contributed by atoms with Crippen LogP contribution in [0.1, 0.15) is 24.0 Å². The molecular weight excluding hydrogens is 472 g/mol. The number of benzene rings is 2. The number of halogens is 1. The highest BCUT2D eigenvalue weighted by Gasteiger charge is 2.32. The third kappa shape index (κ3) is 5.35. The van der Waals surface area contributed by atoms with Crippen molar-refractivity contribution < 1.29 is 13.2 Å². The lowest BCUT2D eigenvalue weighted by molar-refractivity contribution is -0.126. The van der Waals surface area contributed by atoms with Crippen molar-refractivity contribution in [2.45, 2.75) is 31.6 Å². The second-order valence-electron chi connectivity index (χ2n) is 8.69. The van der Waals surface area contributed by atoms with Crippen LogP contribution in [-0.4, -0.2) is 49.8 Å². The molecule has 0 unspecified atom stereocenters. The second kappa shape index (κ2) is 10.3. The first-order valence-corrected chi connectivity index (χ1v) is 13.2. The van der Waals surface area contributed by atoms with E-state index in [1.165, 1.54) is 4.31 Å². The summed E-state index contributed by atoms with van der Waals surface area (Å²) < 4.78 is 27.7. The van der Waals surface area contributed by atoms with Crippen molar-refractivity contribution in [3.05, 3.63) is 64.8 Å². The summed E-state index contributed by atoms with van der Waals surface area (Å²) in [4.78, 5) is 17.3. The Morgan fingerprint density at radius 3 is 2.62 bits per heavy atom. The molecule has 7 nitrogen and oxygen atoms in total. The predicted octanol–water partition coefficient (Wildman–Crippen LogP) is 4.13. The fraction of sp³-hybridized carbons (Fsp3) is 0.360. The molecule has 2 N–H and O–H groups in total. The molecular formula is C25H29ClN4O3S. The van der Waals surface area contributed by atoms with Gasteiger partial charge in [-0.1, -0.05) is 23.7 Å². The number of aromatic nitrogens is 1. The fourth-order valence-corrected chi connectivity index (χ4v) is 6.23. The van der Waals surface area contributed by atoms with Crippen LogP contribution in [0.15, 0.2) is 53.6 Å². The average molecular weight is 501 g/mol. The van der Waals surface area contributed by atoms with Crippen molar-refractivity contribution >= 4 is 44.1 Å². The van der Waals surface area contributed by atoms with E-state index >= 15 is 0 Å². The maximum atomic E-state index is 13.1. The van der Waals surface area contributed by atoms with Gasteiger partial charge in [0.25, 0.3) is 0 Å². The van der Waals surface area contributed by atoms with Gasteiger partial charge in [-0.05, 0) is 68.1 Å². The Labute approximate surface area is 205 Å². The lowest BCUT2D eigenvalue weighted by atomic mass is 9.97. The zero-order valence-electron chi connectivity index (χ0n) is 19.3. The summed E-state index contributed by atoms with van der Waals surface area (Å²) >= 11 is 6.04. The van der Waals surface area contributed by atoms with E-state index in [1.807, 2.05) is 50.2 Å². The SMILES string of the molecule is Cc1ccc(C)c(S(=O)(=O)N2CCC(C(=O)NCCNc3ccnc4cc(Cl)ccc34)CC2)c1. The first-order chi connectivity index (χ1) is 16.3. The lowest BCUT2D eigenvalue weighted by Crippen LogP contribution is -2.43. The van der Waals surface area contributed by atoms with Gasteiger partial charge in [-0.2, -0.15) is 4.31 Å². The maximum Gasteiger partial charge on any atom is 0.243 e. The summed E-state index contributed by atoms with van der Waals surface area (Å²) in [6, 6.07) is 12.9. The molecule has 0 spiro atoms. The van der Waals surface area contributed by atoms with Crippen molar-refractivity contribution in [2.24, 2.45) is 5.92 Å². The fourth-order valence-electron chi connectivity index (χ4n) is 4.29. The number of hydrogen-bond acceptors (Lipinski definition) is 5. The molecule has 1 saturated heterocycles. The van der Waals surface area contributed by atoms with Gasteiger partial charge in [-0.15, -0.1) is 0 Å². The Morgan fingerprint density at radius 2 is 1.85 bits per heavy atom. The summed E-state index contributed by atoms with van der Waals surface area (Å²) in [6.45, 7) is 5.42. The molecule has 0 saturated carbocycles. The van der Waals surface area contributed by atoms with E-state index in [0.717, 1.165) is 27.7 Å². The molecule has 1 amide bonds. The molecule has 1 aliphatic heterocycles. The number of fused-ring (bicyclic) bond motifs is 1. The van der Waals surface area contributed by atoms with Crippen LogP contribution in [0.5, 0.6) is 0 Å². The van der Waals surface area contributed by atoms with E-state index in [4.69, 9.17) is 11.6 Å². The van der Waals surface area contributed by atoms with Gasteiger partial charge in [0.1, 0.15) is 0 Å². The summed E-state index contributed by atoms with van der Waals surface area (Å²) in [5, 5.41) is 7.92. The van der Waals surface area contributed by atoms with Crippen molar-refractivity contribution in [1.29, 1.82) is 0 Å². The van der Waals surface area contributed by atoms with E-state index in [1.54, 1.807) is 12.3 Å². The number of hydrogen-bond donors (Lipinski definition) is 2. The van der Waals surface area contributed by atoms with E-state index in [0.29, 0.717) is 48.9 Å². The average Bonchev–Trinajstić information content (AvgIpc) is 2.83. The van der Waals surface area contributed by atoms with Crippen molar-refractivity contribution in [3.8, 4) is 0 Å². The van der Waals surface area contributed by atoms with Crippen LogP contribution < -0.4 is 10.6 Å². The third-order valence-electron chi connectivity index (χ3n) is 6.23. The number of aryl methyl sites for hydroxylation is 2. The Balaban J connectivity index is 1.27. The molecule has 4 rings (SSSR count). The number of nitrogens with one attached hydrogen (secondary N) is 2. The van der Waals surface area contributed by atoms with E-state index < -0.39 is 10.0 Å². The Kier molecular flexibility index (Phi) is 7.40. The predicted molar refractivity (Wildman–Crippen MR) is 136 cm³/mol. The molecule has 34 heavy (non-hydrogen) atoms. The minimum absolute atomic E-state index is 0.0306. The lowest BCUT2D eigenvalue weighted by Gasteiger charge is -2.31.